The Morgan fingerprint density at radius 1 is 1.40 bits per heavy atom. The number of carbonyl (C=O) groups is 2. The normalized spacial score (nSPS) is 22.4. The van der Waals surface area contributed by atoms with Crippen LogP contribution in [0.5, 0.6) is 0 Å². The first kappa shape index (κ1) is 14.3. The van der Waals surface area contributed by atoms with Gasteiger partial charge in [-0.3, -0.25) is 0 Å². The molecule has 1 saturated heterocycles. The zero-order valence-corrected chi connectivity index (χ0v) is 11.7. The van der Waals surface area contributed by atoms with Gasteiger partial charge in [-0.15, -0.1) is 0 Å². The minimum Gasteiger partial charge on any atom is -0.476 e. The second kappa shape index (κ2) is 5.90. The van der Waals surface area contributed by atoms with Gasteiger partial charge in [0.05, 0.1) is 5.69 Å². The van der Waals surface area contributed by atoms with Crippen LogP contribution in [0.3, 0.4) is 0 Å². The molecule has 0 aliphatic carbocycles. The van der Waals surface area contributed by atoms with Gasteiger partial charge in [0.15, 0.2) is 5.69 Å². The van der Waals surface area contributed by atoms with Crippen molar-refractivity contribution in [3.63, 3.8) is 0 Å². The van der Waals surface area contributed by atoms with Crippen molar-refractivity contribution in [1.29, 1.82) is 0 Å². The summed E-state index contributed by atoms with van der Waals surface area (Å²) in [6, 6.07) is 3.05. The van der Waals surface area contributed by atoms with Gasteiger partial charge in [-0.05, 0) is 37.8 Å². The van der Waals surface area contributed by atoms with Gasteiger partial charge in [-0.1, -0.05) is 6.92 Å². The van der Waals surface area contributed by atoms with Crippen molar-refractivity contribution in [2.75, 3.05) is 11.9 Å². The molecule has 2 unspecified atom stereocenters. The summed E-state index contributed by atoms with van der Waals surface area (Å²) in [4.78, 5) is 28.9. The smallest absolute Gasteiger partial charge is 0.356 e. The number of carbonyl (C=O) groups excluding carboxylic acids is 1. The van der Waals surface area contributed by atoms with E-state index in [0.717, 1.165) is 12.8 Å². The molecule has 1 aliphatic heterocycles. The van der Waals surface area contributed by atoms with Crippen LogP contribution in [0.15, 0.2) is 18.3 Å². The van der Waals surface area contributed by atoms with Crippen molar-refractivity contribution in [1.82, 2.24) is 9.88 Å². The van der Waals surface area contributed by atoms with Crippen LogP contribution in [-0.4, -0.2) is 39.6 Å². The number of aromatic carboxylic acids is 1. The average Bonchev–Trinajstić information content (AvgIpc) is 2.41. The van der Waals surface area contributed by atoms with E-state index in [1.165, 1.54) is 6.20 Å². The lowest BCUT2D eigenvalue weighted by molar-refractivity contribution is 0.0691. The summed E-state index contributed by atoms with van der Waals surface area (Å²) in [6.07, 6.45) is 3.47. The molecule has 2 rings (SSSR count). The van der Waals surface area contributed by atoms with Crippen molar-refractivity contribution >= 4 is 17.7 Å². The van der Waals surface area contributed by atoms with Crippen LogP contribution in [-0.2, 0) is 0 Å². The molecule has 0 radical (unpaired) electrons. The molecule has 1 fully saturated rings. The molecule has 20 heavy (non-hydrogen) atoms. The fourth-order valence-corrected chi connectivity index (χ4v) is 2.44. The highest BCUT2D eigenvalue weighted by molar-refractivity contribution is 5.98. The molecule has 2 atom stereocenters. The number of urea groups is 1. The number of anilines is 1. The molecule has 1 aromatic heterocycles. The average molecular weight is 277 g/mol. The molecule has 6 heteroatoms. The summed E-state index contributed by atoms with van der Waals surface area (Å²) in [5, 5.41) is 11.7. The molecule has 6 nitrogen and oxygen atoms in total. The number of nitrogens with zero attached hydrogens (tertiary/aromatic N) is 2. The summed E-state index contributed by atoms with van der Waals surface area (Å²) < 4.78 is 0. The van der Waals surface area contributed by atoms with Gasteiger partial charge in [0, 0.05) is 18.8 Å². The number of nitrogens with one attached hydrogen (secondary N) is 1. The number of carboxylic acid groups (broad SMARTS) is 1. The number of piperidine rings is 1. The van der Waals surface area contributed by atoms with Crippen LogP contribution in [0.25, 0.3) is 0 Å². The molecular weight excluding hydrogens is 258 g/mol. The maximum absolute atomic E-state index is 12.3. The number of hydrogen-bond acceptors (Lipinski definition) is 3. The highest BCUT2D eigenvalue weighted by Gasteiger charge is 2.27. The molecule has 0 saturated carbocycles. The third kappa shape index (κ3) is 3.07. The SMILES string of the molecule is CC1CCC(C)N(C(=O)Nc2cccnc2C(=O)O)C1. The molecule has 108 valence electrons. The Bertz CT molecular complexity index is 518. The molecule has 2 N–H and O–H groups in total. The van der Waals surface area contributed by atoms with E-state index in [2.05, 4.69) is 17.2 Å². The van der Waals surface area contributed by atoms with Gasteiger partial charge in [0.25, 0.3) is 0 Å². The lowest BCUT2D eigenvalue weighted by atomic mass is 9.95. The van der Waals surface area contributed by atoms with E-state index in [9.17, 15) is 9.59 Å². The Hall–Kier alpha value is -2.11. The first-order valence-corrected chi connectivity index (χ1v) is 6.75. The van der Waals surface area contributed by atoms with Gasteiger partial charge in [0.1, 0.15) is 0 Å². The number of rotatable bonds is 2. The lowest BCUT2D eigenvalue weighted by Crippen LogP contribution is -2.47. The van der Waals surface area contributed by atoms with Gasteiger partial charge in [-0.25, -0.2) is 14.6 Å². The summed E-state index contributed by atoms with van der Waals surface area (Å²) in [6.45, 7) is 4.81. The minimum atomic E-state index is -1.15. The molecule has 2 heterocycles. The summed E-state index contributed by atoms with van der Waals surface area (Å²) in [5.74, 6) is -0.689. The Balaban J connectivity index is 2.13. The highest BCUT2D eigenvalue weighted by Crippen LogP contribution is 2.22. The second-order valence-corrected chi connectivity index (χ2v) is 5.32. The third-order valence-electron chi connectivity index (χ3n) is 3.63. The van der Waals surface area contributed by atoms with Gasteiger partial charge < -0.3 is 15.3 Å². The van der Waals surface area contributed by atoms with Crippen molar-refractivity contribution in [3.8, 4) is 0 Å². The first-order valence-electron chi connectivity index (χ1n) is 6.75. The van der Waals surface area contributed by atoms with Gasteiger partial charge in [-0.2, -0.15) is 0 Å². The minimum absolute atomic E-state index is 0.140. The van der Waals surface area contributed by atoms with Crippen LogP contribution in [0, 0.1) is 5.92 Å². The fourth-order valence-electron chi connectivity index (χ4n) is 2.44. The number of pyridine rings is 1. The largest absolute Gasteiger partial charge is 0.476 e. The maximum Gasteiger partial charge on any atom is 0.356 e. The van der Waals surface area contributed by atoms with Crippen LogP contribution >= 0.6 is 0 Å². The van der Waals surface area contributed by atoms with E-state index in [1.807, 2.05) is 6.92 Å². The molecule has 1 aliphatic rings. The lowest BCUT2D eigenvalue weighted by Gasteiger charge is -2.36. The van der Waals surface area contributed by atoms with E-state index in [4.69, 9.17) is 5.11 Å². The van der Waals surface area contributed by atoms with E-state index in [-0.39, 0.29) is 23.5 Å². The molecular formula is C14H19N3O3. The first-order chi connectivity index (χ1) is 9.49. The number of likely N-dealkylation sites (tertiary alicyclic amines) is 1. The van der Waals surface area contributed by atoms with Gasteiger partial charge >= 0.3 is 12.0 Å². The Morgan fingerprint density at radius 3 is 2.85 bits per heavy atom. The van der Waals surface area contributed by atoms with E-state index in [0.29, 0.717) is 12.5 Å². The predicted molar refractivity (Wildman–Crippen MR) is 74.8 cm³/mol. The number of aromatic nitrogens is 1. The topological polar surface area (TPSA) is 82.5 Å². The third-order valence-corrected chi connectivity index (χ3v) is 3.63. The van der Waals surface area contributed by atoms with Gasteiger partial charge in [0.2, 0.25) is 0 Å². The highest BCUT2D eigenvalue weighted by atomic mass is 16.4. The maximum atomic E-state index is 12.3. The Kier molecular flexibility index (Phi) is 4.22. The van der Waals surface area contributed by atoms with Crippen molar-refractivity contribution in [3.05, 3.63) is 24.0 Å². The monoisotopic (exact) mass is 277 g/mol. The van der Waals surface area contributed by atoms with Crippen molar-refractivity contribution in [2.45, 2.75) is 32.7 Å². The molecule has 0 bridgehead atoms. The summed E-state index contributed by atoms with van der Waals surface area (Å²) in [7, 11) is 0. The zero-order chi connectivity index (χ0) is 14.7. The number of amides is 2. The standard InChI is InChI=1S/C14H19N3O3/c1-9-5-6-10(2)17(8-9)14(20)16-11-4-3-7-15-12(11)13(18)19/h3-4,7,9-10H,5-6,8H2,1-2H3,(H,16,20)(H,18,19). The van der Waals surface area contributed by atoms with Crippen molar-refractivity contribution < 1.29 is 14.7 Å². The van der Waals surface area contributed by atoms with Crippen LogP contribution in [0.4, 0.5) is 10.5 Å². The van der Waals surface area contributed by atoms with Crippen LogP contribution < -0.4 is 5.32 Å². The van der Waals surface area contributed by atoms with E-state index < -0.39 is 5.97 Å². The molecule has 0 aromatic carbocycles. The second-order valence-electron chi connectivity index (χ2n) is 5.32. The van der Waals surface area contributed by atoms with Crippen LogP contribution in [0.1, 0.15) is 37.2 Å². The predicted octanol–water partition coefficient (Wildman–Crippen LogP) is 2.43. The Labute approximate surface area is 117 Å². The molecule has 2 amide bonds. The fraction of sp³-hybridized carbons (Fsp3) is 0.500. The summed E-state index contributed by atoms with van der Waals surface area (Å²) >= 11 is 0. The van der Waals surface area contributed by atoms with E-state index >= 15 is 0 Å². The zero-order valence-electron chi connectivity index (χ0n) is 11.7. The molecule has 1 aromatic rings. The number of hydrogen-bond donors (Lipinski definition) is 2. The van der Waals surface area contributed by atoms with Crippen LogP contribution in [0.2, 0.25) is 0 Å². The summed E-state index contributed by atoms with van der Waals surface area (Å²) in [5.41, 5.74) is 0.0917. The Morgan fingerprint density at radius 2 is 2.15 bits per heavy atom. The molecule has 0 spiro atoms. The quantitative estimate of drug-likeness (QED) is 0.869. The van der Waals surface area contributed by atoms with Crippen molar-refractivity contribution in [2.24, 2.45) is 5.92 Å². The number of carboxylic acids is 1. The van der Waals surface area contributed by atoms with E-state index in [1.54, 1.807) is 17.0 Å².